The van der Waals surface area contributed by atoms with E-state index in [2.05, 4.69) is 18.8 Å². The van der Waals surface area contributed by atoms with Crippen molar-refractivity contribution in [3.63, 3.8) is 0 Å². The van der Waals surface area contributed by atoms with Crippen molar-refractivity contribution in [1.82, 2.24) is 4.98 Å². The zero-order valence-electron chi connectivity index (χ0n) is 8.76. The Morgan fingerprint density at radius 3 is 2.86 bits per heavy atom. The molecule has 0 aromatic carbocycles. The van der Waals surface area contributed by atoms with Crippen molar-refractivity contribution in [3.05, 3.63) is 23.4 Å². The quantitative estimate of drug-likeness (QED) is 0.780. The molecule has 0 aliphatic heterocycles. The first-order valence-electron chi connectivity index (χ1n) is 4.99. The molecule has 0 aliphatic rings. The monoisotopic (exact) mass is 212 g/mol. The molecule has 1 aromatic heterocycles. The maximum atomic E-state index is 6.06. The Morgan fingerprint density at radius 2 is 2.29 bits per heavy atom. The Labute approximate surface area is 90.5 Å². The highest BCUT2D eigenvalue weighted by Gasteiger charge is 2.07. The van der Waals surface area contributed by atoms with E-state index in [9.17, 15) is 0 Å². The molecule has 0 saturated carbocycles. The lowest BCUT2D eigenvalue weighted by atomic mass is 10.0. The average molecular weight is 213 g/mol. The third-order valence-electron chi connectivity index (χ3n) is 2.47. The fourth-order valence-electron chi connectivity index (χ4n) is 1.44. The van der Waals surface area contributed by atoms with Crippen LogP contribution >= 0.6 is 11.6 Å². The molecule has 2 nitrogen and oxygen atoms in total. The van der Waals surface area contributed by atoms with E-state index in [-0.39, 0.29) is 5.38 Å². The number of alkyl halides is 1. The van der Waals surface area contributed by atoms with Gasteiger partial charge in [-0.2, -0.15) is 0 Å². The molecule has 78 valence electrons. The Kier molecular flexibility index (Phi) is 4.21. The summed E-state index contributed by atoms with van der Waals surface area (Å²) in [5.74, 6) is 0.643. The molecule has 0 spiro atoms. The predicted octanol–water partition coefficient (Wildman–Crippen LogP) is 2.92. The molecule has 1 aromatic rings. The van der Waals surface area contributed by atoms with Crippen molar-refractivity contribution in [2.75, 3.05) is 5.73 Å². The van der Waals surface area contributed by atoms with Gasteiger partial charge in [-0.15, -0.1) is 11.6 Å². The highest BCUT2D eigenvalue weighted by Crippen LogP contribution is 2.18. The van der Waals surface area contributed by atoms with E-state index in [0.29, 0.717) is 5.82 Å². The Bertz CT molecular complexity index is 279. The lowest BCUT2D eigenvalue weighted by Crippen LogP contribution is -2.04. The molecule has 1 rings (SSSR count). The number of nitrogens with two attached hydrogens (primary N) is 1. The standard InChI is InChI=1S/C11H17ClN2/c1-3-9(12)4-5-10-8(2)6-7-14-11(10)13/h6-7,9H,3-5H2,1-2H3,(H2,13,14). The number of aryl methyl sites for hydroxylation is 1. The third kappa shape index (κ3) is 2.88. The molecular weight excluding hydrogens is 196 g/mol. The summed E-state index contributed by atoms with van der Waals surface area (Å²) in [7, 11) is 0. The Hall–Kier alpha value is -0.760. The Morgan fingerprint density at radius 1 is 1.57 bits per heavy atom. The van der Waals surface area contributed by atoms with Crippen molar-refractivity contribution in [3.8, 4) is 0 Å². The highest BCUT2D eigenvalue weighted by molar-refractivity contribution is 6.20. The van der Waals surface area contributed by atoms with E-state index >= 15 is 0 Å². The normalized spacial score (nSPS) is 12.8. The molecule has 0 radical (unpaired) electrons. The molecule has 1 atom stereocenters. The van der Waals surface area contributed by atoms with E-state index in [1.807, 2.05) is 6.07 Å². The number of nitrogens with zero attached hydrogens (tertiary/aromatic N) is 1. The number of nitrogen functional groups attached to an aromatic ring is 1. The number of anilines is 1. The molecule has 1 heterocycles. The summed E-state index contributed by atoms with van der Waals surface area (Å²) >= 11 is 6.06. The van der Waals surface area contributed by atoms with Crippen molar-refractivity contribution in [2.45, 2.75) is 38.5 Å². The van der Waals surface area contributed by atoms with Gasteiger partial charge in [-0.25, -0.2) is 4.98 Å². The maximum absolute atomic E-state index is 6.06. The maximum Gasteiger partial charge on any atom is 0.126 e. The number of hydrogen-bond acceptors (Lipinski definition) is 2. The minimum Gasteiger partial charge on any atom is -0.383 e. The van der Waals surface area contributed by atoms with Crippen LogP contribution in [0.3, 0.4) is 0 Å². The fraction of sp³-hybridized carbons (Fsp3) is 0.545. The summed E-state index contributed by atoms with van der Waals surface area (Å²) in [5.41, 5.74) is 8.15. The van der Waals surface area contributed by atoms with Crippen LogP contribution in [-0.4, -0.2) is 10.4 Å². The molecule has 2 N–H and O–H groups in total. The van der Waals surface area contributed by atoms with Gasteiger partial charge in [0.25, 0.3) is 0 Å². The molecule has 0 bridgehead atoms. The van der Waals surface area contributed by atoms with Crippen molar-refractivity contribution >= 4 is 17.4 Å². The van der Waals surface area contributed by atoms with Gasteiger partial charge in [-0.1, -0.05) is 6.92 Å². The van der Waals surface area contributed by atoms with Gasteiger partial charge in [-0.05, 0) is 43.4 Å². The summed E-state index contributed by atoms with van der Waals surface area (Å²) in [6.45, 7) is 4.15. The predicted molar refractivity (Wildman–Crippen MR) is 61.6 cm³/mol. The topological polar surface area (TPSA) is 38.9 Å². The number of hydrogen-bond donors (Lipinski definition) is 1. The van der Waals surface area contributed by atoms with Gasteiger partial charge in [0.1, 0.15) is 5.82 Å². The van der Waals surface area contributed by atoms with E-state index in [1.165, 1.54) is 5.56 Å². The molecule has 0 fully saturated rings. The van der Waals surface area contributed by atoms with Gasteiger partial charge in [-0.3, -0.25) is 0 Å². The second-order valence-electron chi connectivity index (χ2n) is 3.54. The van der Waals surface area contributed by atoms with Crippen molar-refractivity contribution in [2.24, 2.45) is 0 Å². The highest BCUT2D eigenvalue weighted by atomic mass is 35.5. The molecule has 14 heavy (non-hydrogen) atoms. The second kappa shape index (κ2) is 5.20. The summed E-state index contributed by atoms with van der Waals surface area (Å²) in [6.07, 6.45) is 4.63. The van der Waals surface area contributed by atoms with E-state index in [0.717, 1.165) is 24.8 Å². The summed E-state index contributed by atoms with van der Waals surface area (Å²) in [5, 5.41) is 0.244. The molecule has 0 amide bonds. The van der Waals surface area contributed by atoms with Crippen LogP contribution in [0.15, 0.2) is 12.3 Å². The second-order valence-corrected chi connectivity index (χ2v) is 4.15. The van der Waals surface area contributed by atoms with Crippen LogP contribution in [0.2, 0.25) is 0 Å². The summed E-state index contributed by atoms with van der Waals surface area (Å²) in [4.78, 5) is 4.08. The van der Waals surface area contributed by atoms with Gasteiger partial charge < -0.3 is 5.73 Å². The lowest BCUT2D eigenvalue weighted by molar-refractivity contribution is 0.724. The zero-order chi connectivity index (χ0) is 10.6. The summed E-state index contributed by atoms with van der Waals surface area (Å²) in [6, 6.07) is 1.99. The van der Waals surface area contributed by atoms with E-state index in [1.54, 1.807) is 6.20 Å². The smallest absolute Gasteiger partial charge is 0.126 e. The minimum absolute atomic E-state index is 0.244. The first kappa shape index (κ1) is 11.3. The lowest BCUT2D eigenvalue weighted by Gasteiger charge is -2.10. The largest absolute Gasteiger partial charge is 0.383 e. The van der Waals surface area contributed by atoms with Crippen LogP contribution in [0, 0.1) is 6.92 Å². The van der Waals surface area contributed by atoms with Gasteiger partial charge >= 0.3 is 0 Å². The van der Waals surface area contributed by atoms with Gasteiger partial charge in [0.2, 0.25) is 0 Å². The van der Waals surface area contributed by atoms with Gasteiger partial charge in [0.05, 0.1) is 0 Å². The fourth-order valence-corrected chi connectivity index (χ4v) is 1.55. The van der Waals surface area contributed by atoms with Crippen molar-refractivity contribution in [1.29, 1.82) is 0 Å². The van der Waals surface area contributed by atoms with Crippen LogP contribution in [0.4, 0.5) is 5.82 Å². The molecule has 0 saturated heterocycles. The first-order chi connectivity index (χ1) is 6.65. The van der Waals surface area contributed by atoms with E-state index < -0.39 is 0 Å². The SMILES string of the molecule is CCC(Cl)CCc1c(C)ccnc1N. The van der Waals surface area contributed by atoms with Crippen molar-refractivity contribution < 1.29 is 0 Å². The van der Waals surface area contributed by atoms with Crippen LogP contribution in [-0.2, 0) is 6.42 Å². The minimum atomic E-state index is 0.244. The van der Waals surface area contributed by atoms with Crippen LogP contribution < -0.4 is 5.73 Å². The molecule has 1 unspecified atom stereocenters. The number of pyridine rings is 1. The number of rotatable bonds is 4. The van der Waals surface area contributed by atoms with Crippen LogP contribution in [0.25, 0.3) is 0 Å². The molecule has 0 aliphatic carbocycles. The third-order valence-corrected chi connectivity index (χ3v) is 3.00. The van der Waals surface area contributed by atoms with Gasteiger partial charge in [0, 0.05) is 11.6 Å². The number of halogens is 1. The summed E-state index contributed by atoms with van der Waals surface area (Å²) < 4.78 is 0. The first-order valence-corrected chi connectivity index (χ1v) is 5.42. The Balaban J connectivity index is 2.66. The molecular formula is C11H17ClN2. The van der Waals surface area contributed by atoms with Gasteiger partial charge in [0.15, 0.2) is 0 Å². The average Bonchev–Trinajstić information content (AvgIpc) is 2.16. The number of aromatic nitrogens is 1. The zero-order valence-corrected chi connectivity index (χ0v) is 9.51. The molecule has 3 heteroatoms. The van der Waals surface area contributed by atoms with E-state index in [4.69, 9.17) is 17.3 Å². The van der Waals surface area contributed by atoms with Crippen LogP contribution in [0.1, 0.15) is 30.9 Å². The van der Waals surface area contributed by atoms with Crippen LogP contribution in [0.5, 0.6) is 0 Å².